The van der Waals surface area contributed by atoms with Gasteiger partial charge in [-0.1, -0.05) is 23.7 Å². The third kappa shape index (κ3) is 1.69. The summed E-state index contributed by atoms with van der Waals surface area (Å²) in [6.45, 7) is 0. The lowest BCUT2D eigenvalue weighted by Gasteiger charge is -2.01. The summed E-state index contributed by atoms with van der Waals surface area (Å²) >= 11 is 3.38. The second-order valence-corrected chi connectivity index (χ2v) is 4.06. The molecule has 0 aliphatic heterocycles. The van der Waals surface area contributed by atoms with Crippen LogP contribution in [0.5, 0.6) is 0 Å². The highest BCUT2D eigenvalue weighted by molar-refractivity contribution is 7.79. The Morgan fingerprint density at radius 3 is 2.67 bits per heavy atom. The van der Waals surface area contributed by atoms with Crippen LogP contribution >= 0.6 is 11.6 Å². The van der Waals surface area contributed by atoms with Crippen LogP contribution < -0.4 is 5.63 Å². The van der Waals surface area contributed by atoms with Gasteiger partial charge in [0.2, 0.25) is 0 Å². The molecule has 0 bridgehead atoms. The van der Waals surface area contributed by atoms with Crippen molar-refractivity contribution in [3.05, 3.63) is 39.7 Å². The number of hydrogen-bond acceptors (Lipinski definition) is 3. The Morgan fingerprint density at radius 2 is 2.00 bits per heavy atom. The van der Waals surface area contributed by atoms with Gasteiger partial charge in [0.05, 0.1) is 5.02 Å². The highest BCUT2D eigenvalue weighted by atomic mass is 35.5. The minimum absolute atomic E-state index is 0.0392. The van der Waals surface area contributed by atoms with Crippen LogP contribution in [0.15, 0.2) is 38.4 Å². The first kappa shape index (κ1) is 10.4. The molecule has 15 heavy (non-hydrogen) atoms. The van der Waals surface area contributed by atoms with Gasteiger partial charge >= 0.3 is 5.63 Å². The molecule has 1 aromatic heterocycles. The number of halogens is 1. The summed E-state index contributed by atoms with van der Waals surface area (Å²) in [6, 6.07) is 6.54. The quantitative estimate of drug-likeness (QED) is 0.616. The molecule has 2 rings (SSSR count). The zero-order valence-corrected chi connectivity index (χ0v) is 8.84. The Morgan fingerprint density at radius 1 is 1.33 bits per heavy atom. The molecule has 78 valence electrons. The highest BCUT2D eigenvalue weighted by Gasteiger charge is 2.16. The summed E-state index contributed by atoms with van der Waals surface area (Å²) in [5.74, 6) is 0. The Hall–Kier alpha value is -1.17. The largest absolute Gasteiger partial charge is 0.422 e. The van der Waals surface area contributed by atoms with Gasteiger partial charge in [0.1, 0.15) is 5.58 Å². The van der Waals surface area contributed by atoms with Gasteiger partial charge in [0.15, 0.2) is 16.0 Å². The molecule has 2 aromatic rings. The molecule has 0 radical (unpaired) electrons. The molecule has 1 N–H and O–H groups in total. The van der Waals surface area contributed by atoms with Crippen LogP contribution in [0, 0.1) is 0 Å². The molecule has 1 unspecified atom stereocenters. The molecule has 0 spiro atoms. The van der Waals surface area contributed by atoms with E-state index in [-0.39, 0.29) is 5.02 Å². The van der Waals surface area contributed by atoms with Crippen LogP contribution in [0.2, 0.25) is 5.02 Å². The Labute approximate surface area is 91.8 Å². The normalized spacial score (nSPS) is 12.9. The van der Waals surface area contributed by atoms with E-state index in [0.717, 1.165) is 0 Å². The molecule has 0 aliphatic carbocycles. The lowest BCUT2D eigenvalue weighted by molar-refractivity contribution is 0.523. The van der Waals surface area contributed by atoms with Crippen molar-refractivity contribution >= 4 is 33.7 Å². The van der Waals surface area contributed by atoms with Gasteiger partial charge in [-0.25, -0.2) is 9.00 Å². The molecule has 0 fully saturated rings. The van der Waals surface area contributed by atoms with Gasteiger partial charge in [0.25, 0.3) is 0 Å². The van der Waals surface area contributed by atoms with Crippen molar-refractivity contribution in [2.24, 2.45) is 0 Å². The van der Waals surface area contributed by atoms with E-state index in [0.29, 0.717) is 11.0 Å². The van der Waals surface area contributed by atoms with Crippen LogP contribution in [0.25, 0.3) is 11.0 Å². The van der Waals surface area contributed by atoms with Crippen LogP contribution in [-0.4, -0.2) is 8.76 Å². The van der Waals surface area contributed by atoms with E-state index in [1.807, 2.05) is 0 Å². The van der Waals surface area contributed by atoms with Crippen molar-refractivity contribution in [3.8, 4) is 0 Å². The summed E-state index contributed by atoms with van der Waals surface area (Å²) in [6.07, 6.45) is 0. The Kier molecular flexibility index (Phi) is 2.60. The molecule has 1 heterocycles. The molecule has 0 aliphatic rings. The van der Waals surface area contributed by atoms with E-state index < -0.39 is 21.6 Å². The van der Waals surface area contributed by atoms with Gasteiger partial charge in [-0.3, -0.25) is 0 Å². The number of hydrogen-bond donors (Lipinski definition) is 1. The maximum absolute atomic E-state index is 11.3. The average molecular weight is 245 g/mol. The smallest absolute Gasteiger partial charge is 0.356 e. The number of benzene rings is 1. The lowest BCUT2D eigenvalue weighted by Crippen LogP contribution is -2.09. The van der Waals surface area contributed by atoms with Crippen LogP contribution in [0.1, 0.15) is 0 Å². The predicted molar refractivity (Wildman–Crippen MR) is 56.5 cm³/mol. The molecule has 6 heteroatoms. The molecular weight excluding hydrogens is 240 g/mol. The predicted octanol–water partition coefficient (Wildman–Crippen LogP) is 2.03. The summed E-state index contributed by atoms with van der Waals surface area (Å²) in [4.78, 5) is 10.9. The van der Waals surface area contributed by atoms with Crippen molar-refractivity contribution in [2.45, 2.75) is 4.90 Å². The molecule has 0 amide bonds. The monoisotopic (exact) mass is 244 g/mol. The van der Waals surface area contributed by atoms with Crippen molar-refractivity contribution < 1.29 is 13.2 Å². The molecule has 1 atom stereocenters. The van der Waals surface area contributed by atoms with Crippen molar-refractivity contribution in [1.29, 1.82) is 0 Å². The standard InChI is InChI=1S/C9H5ClO4S/c10-7-5-3-1-2-4-6(5)14-9(11)8(7)15(12)13/h1-4H,(H,12,13). The van der Waals surface area contributed by atoms with E-state index >= 15 is 0 Å². The first-order valence-corrected chi connectivity index (χ1v) is 5.42. The van der Waals surface area contributed by atoms with Gasteiger partial charge in [-0.05, 0) is 12.1 Å². The van der Waals surface area contributed by atoms with E-state index in [2.05, 4.69) is 0 Å². The first-order valence-electron chi connectivity index (χ1n) is 3.93. The van der Waals surface area contributed by atoms with Crippen LogP contribution in [-0.2, 0) is 11.1 Å². The Balaban J connectivity index is 2.97. The summed E-state index contributed by atoms with van der Waals surface area (Å²) < 4.78 is 24.6. The lowest BCUT2D eigenvalue weighted by atomic mass is 10.2. The molecular formula is C9H5ClO4S. The molecule has 1 aromatic carbocycles. The SMILES string of the molecule is O=c1oc2ccccc2c(Cl)c1S(=O)O. The van der Waals surface area contributed by atoms with Crippen molar-refractivity contribution in [1.82, 2.24) is 0 Å². The fourth-order valence-corrected chi connectivity index (χ4v) is 2.12. The zero-order valence-electron chi connectivity index (χ0n) is 7.27. The fraction of sp³-hybridized carbons (Fsp3) is 0. The maximum atomic E-state index is 11.3. The average Bonchev–Trinajstić information content (AvgIpc) is 2.17. The summed E-state index contributed by atoms with van der Waals surface area (Å²) in [5.41, 5.74) is -0.596. The van der Waals surface area contributed by atoms with Crippen LogP contribution in [0.4, 0.5) is 0 Å². The van der Waals surface area contributed by atoms with E-state index in [1.165, 1.54) is 0 Å². The minimum Gasteiger partial charge on any atom is -0.422 e. The van der Waals surface area contributed by atoms with Gasteiger partial charge in [-0.15, -0.1) is 0 Å². The highest BCUT2D eigenvalue weighted by Crippen LogP contribution is 2.25. The third-order valence-corrected chi connectivity index (χ3v) is 3.11. The van der Waals surface area contributed by atoms with Crippen molar-refractivity contribution in [3.63, 3.8) is 0 Å². The summed E-state index contributed by atoms with van der Waals surface area (Å²) in [5, 5.41) is 0.402. The van der Waals surface area contributed by atoms with Gasteiger partial charge in [-0.2, -0.15) is 0 Å². The second kappa shape index (κ2) is 3.77. The van der Waals surface area contributed by atoms with E-state index in [9.17, 15) is 9.00 Å². The van der Waals surface area contributed by atoms with Gasteiger partial charge in [0, 0.05) is 5.39 Å². The number of para-hydroxylation sites is 1. The second-order valence-electron chi connectivity index (χ2n) is 2.78. The topological polar surface area (TPSA) is 67.5 Å². The minimum atomic E-state index is -2.45. The third-order valence-electron chi connectivity index (χ3n) is 1.89. The summed E-state index contributed by atoms with van der Waals surface area (Å²) in [7, 11) is 0. The Bertz CT molecular complexity index is 605. The number of fused-ring (bicyclic) bond motifs is 1. The number of rotatable bonds is 1. The molecule has 0 saturated heterocycles. The maximum Gasteiger partial charge on any atom is 0.356 e. The van der Waals surface area contributed by atoms with E-state index in [1.54, 1.807) is 24.3 Å². The first-order chi connectivity index (χ1) is 7.11. The zero-order chi connectivity index (χ0) is 11.0. The molecule has 4 nitrogen and oxygen atoms in total. The van der Waals surface area contributed by atoms with E-state index in [4.69, 9.17) is 20.6 Å². The molecule has 0 saturated carbocycles. The van der Waals surface area contributed by atoms with Gasteiger partial charge < -0.3 is 8.97 Å². The fourth-order valence-electron chi connectivity index (χ4n) is 1.24. The van der Waals surface area contributed by atoms with Crippen LogP contribution in [0.3, 0.4) is 0 Å². The van der Waals surface area contributed by atoms with Crippen molar-refractivity contribution in [2.75, 3.05) is 0 Å².